The molecule has 0 bridgehead atoms. The summed E-state index contributed by atoms with van der Waals surface area (Å²) in [6.45, 7) is 1.79. The van der Waals surface area contributed by atoms with Crippen LogP contribution in [0.1, 0.15) is 50.6 Å². The van der Waals surface area contributed by atoms with Crippen molar-refractivity contribution in [3.8, 4) is 16.9 Å². The first kappa shape index (κ1) is 30.1. The predicted octanol–water partition coefficient (Wildman–Crippen LogP) is 9.37. The van der Waals surface area contributed by atoms with E-state index in [1.807, 2.05) is 72.8 Å². The number of nitrogens with zero attached hydrogens (tertiary/aromatic N) is 3. The molecular weight excluding hydrogens is 637 g/mol. The van der Waals surface area contributed by atoms with Crippen LogP contribution in [0.4, 0.5) is 0 Å². The van der Waals surface area contributed by atoms with E-state index in [9.17, 15) is 9.59 Å². The molecule has 0 N–H and O–H groups in total. The molecule has 7 rings (SSSR count). The number of ketones is 1. The van der Waals surface area contributed by atoms with Gasteiger partial charge in [-0.1, -0.05) is 77.0 Å². The summed E-state index contributed by atoms with van der Waals surface area (Å²) in [5.41, 5.74) is 7.12. The van der Waals surface area contributed by atoms with Crippen molar-refractivity contribution in [3.63, 3.8) is 0 Å². The zero-order valence-electron chi connectivity index (χ0n) is 25.0. The maximum atomic E-state index is 14.4. The number of allylic oxidation sites excluding steroid dienone is 2. The maximum absolute atomic E-state index is 14.4. The molecule has 0 spiro atoms. The number of methoxy groups -OCH3 is 1. The molecule has 3 heterocycles. The van der Waals surface area contributed by atoms with Crippen LogP contribution in [0.15, 0.2) is 83.7 Å². The minimum atomic E-state index is -0.249. The van der Waals surface area contributed by atoms with Crippen LogP contribution in [-0.2, 0) is 6.42 Å². The molecule has 0 atom stereocenters. The van der Waals surface area contributed by atoms with Gasteiger partial charge in [-0.05, 0) is 103 Å². The highest BCUT2D eigenvalue weighted by Gasteiger charge is 2.27. The molecule has 0 radical (unpaired) electrons. The highest BCUT2D eigenvalue weighted by atomic mass is 35.5. The van der Waals surface area contributed by atoms with Crippen LogP contribution in [0.3, 0.4) is 0 Å². The largest absolute Gasteiger partial charge is 0.497 e. The summed E-state index contributed by atoms with van der Waals surface area (Å²) in [6, 6.07) is 22.6. The summed E-state index contributed by atoms with van der Waals surface area (Å²) in [6.07, 6.45) is 7.92. The molecule has 1 aliphatic rings. The maximum Gasteiger partial charge on any atom is 0.268 e. The molecule has 0 saturated carbocycles. The van der Waals surface area contributed by atoms with Gasteiger partial charge in [-0.3, -0.25) is 14.0 Å². The summed E-state index contributed by atoms with van der Waals surface area (Å²) in [4.78, 5) is 38.7. The van der Waals surface area contributed by atoms with Crippen molar-refractivity contribution < 1.29 is 9.53 Å². The van der Waals surface area contributed by atoms with Gasteiger partial charge in [0.2, 0.25) is 0 Å². The minimum absolute atomic E-state index is 0.203. The van der Waals surface area contributed by atoms with Crippen LogP contribution in [0.2, 0.25) is 10.0 Å². The first-order valence-corrected chi connectivity index (χ1v) is 16.4. The fourth-order valence-corrected chi connectivity index (χ4v) is 7.26. The number of pyridine rings is 1. The number of hydrogen-bond donors (Lipinski definition) is 0. The molecule has 228 valence electrons. The van der Waals surface area contributed by atoms with E-state index in [4.69, 9.17) is 37.9 Å². The second-order valence-corrected chi connectivity index (χ2v) is 13.0. The van der Waals surface area contributed by atoms with Gasteiger partial charge in [-0.15, -0.1) is 0 Å². The third-order valence-corrected chi connectivity index (χ3v) is 9.89. The van der Waals surface area contributed by atoms with Crippen LogP contribution in [0.25, 0.3) is 44.8 Å². The van der Waals surface area contributed by atoms with Crippen molar-refractivity contribution >= 4 is 74.0 Å². The van der Waals surface area contributed by atoms with E-state index in [-0.39, 0.29) is 11.3 Å². The molecule has 3 aromatic heterocycles. The number of aromatic nitrogens is 3. The number of thiazole rings is 1. The molecule has 0 unspecified atom stereocenters. The number of carbonyl (C=O) groups is 1. The van der Waals surface area contributed by atoms with E-state index in [1.165, 1.54) is 17.4 Å². The molecule has 6 nitrogen and oxygen atoms in total. The van der Waals surface area contributed by atoms with Gasteiger partial charge in [0.05, 0.1) is 23.1 Å². The van der Waals surface area contributed by atoms with Gasteiger partial charge in [-0.2, -0.15) is 4.98 Å². The number of halogens is 2. The highest BCUT2D eigenvalue weighted by molar-refractivity contribution is 7.19. The fraction of sp³-hybridized carbons (Fsp3) is 0.135. The zero-order chi connectivity index (χ0) is 31.9. The van der Waals surface area contributed by atoms with Gasteiger partial charge in [0, 0.05) is 21.3 Å². The Bertz CT molecular complexity index is 2270. The van der Waals surface area contributed by atoms with Crippen LogP contribution >= 0.6 is 34.5 Å². The van der Waals surface area contributed by atoms with Crippen molar-refractivity contribution in [2.75, 3.05) is 7.11 Å². The Morgan fingerprint density at radius 2 is 1.59 bits per heavy atom. The SMILES string of the molecule is COc1ccc(/C=C/C(=O)c2sc3nc4nc5c(c(-c6ccc(Cl)cc6)c4c(=O)n3c2C)CCC/C5=C/c2ccc(Cl)cc2)cc1. The second-order valence-electron chi connectivity index (χ2n) is 11.1. The average Bonchev–Trinajstić information content (AvgIpc) is 3.40. The Kier molecular flexibility index (Phi) is 8.07. The molecule has 3 aromatic carbocycles. The number of aryl methyl sites for hydroxylation is 1. The van der Waals surface area contributed by atoms with E-state index >= 15 is 0 Å². The molecule has 0 saturated heterocycles. The molecule has 0 aliphatic heterocycles. The fourth-order valence-electron chi connectivity index (χ4n) is 5.97. The Hall–Kier alpha value is -4.56. The predicted molar refractivity (Wildman–Crippen MR) is 188 cm³/mol. The van der Waals surface area contributed by atoms with Crippen LogP contribution in [0, 0.1) is 6.92 Å². The van der Waals surface area contributed by atoms with E-state index in [1.54, 1.807) is 24.5 Å². The molecule has 0 amide bonds. The number of ether oxygens (including phenoxy) is 1. The quantitative estimate of drug-likeness (QED) is 0.131. The minimum Gasteiger partial charge on any atom is -0.497 e. The van der Waals surface area contributed by atoms with Gasteiger partial charge in [-0.25, -0.2) is 4.98 Å². The van der Waals surface area contributed by atoms with Crippen LogP contribution in [0.5, 0.6) is 5.75 Å². The first-order valence-electron chi connectivity index (χ1n) is 14.8. The van der Waals surface area contributed by atoms with Gasteiger partial charge in [0.1, 0.15) is 5.75 Å². The first-order chi connectivity index (χ1) is 22.3. The molecule has 46 heavy (non-hydrogen) atoms. The number of carbonyl (C=O) groups excluding carboxylic acids is 1. The van der Waals surface area contributed by atoms with Gasteiger partial charge in [0.15, 0.2) is 16.4 Å². The number of rotatable bonds is 6. The monoisotopic (exact) mass is 663 g/mol. The zero-order valence-corrected chi connectivity index (χ0v) is 27.3. The summed E-state index contributed by atoms with van der Waals surface area (Å²) in [5.74, 6) is 0.535. The van der Waals surface area contributed by atoms with E-state index in [0.717, 1.165) is 64.1 Å². The van der Waals surface area contributed by atoms with Crippen molar-refractivity contribution in [3.05, 3.63) is 132 Å². The summed E-state index contributed by atoms with van der Waals surface area (Å²) >= 11 is 13.6. The second kappa shape index (κ2) is 12.3. The van der Waals surface area contributed by atoms with Gasteiger partial charge in [0.25, 0.3) is 5.56 Å². The van der Waals surface area contributed by atoms with Crippen molar-refractivity contribution in [2.24, 2.45) is 0 Å². The molecule has 9 heteroatoms. The van der Waals surface area contributed by atoms with E-state index in [2.05, 4.69) is 6.08 Å². The lowest BCUT2D eigenvalue weighted by atomic mass is 9.84. The summed E-state index contributed by atoms with van der Waals surface area (Å²) in [7, 11) is 1.61. The lowest BCUT2D eigenvalue weighted by molar-refractivity contribution is 0.105. The van der Waals surface area contributed by atoms with Gasteiger partial charge >= 0.3 is 0 Å². The van der Waals surface area contributed by atoms with Crippen molar-refractivity contribution in [1.82, 2.24) is 14.4 Å². The summed E-state index contributed by atoms with van der Waals surface area (Å²) < 4.78 is 6.76. The number of benzene rings is 3. The lowest BCUT2D eigenvalue weighted by Gasteiger charge is -2.23. The molecule has 0 fully saturated rings. The van der Waals surface area contributed by atoms with Crippen molar-refractivity contribution in [1.29, 1.82) is 0 Å². The van der Waals surface area contributed by atoms with Crippen LogP contribution < -0.4 is 10.3 Å². The molecule has 1 aliphatic carbocycles. The normalized spacial score (nSPS) is 14.0. The highest BCUT2D eigenvalue weighted by Crippen LogP contribution is 2.40. The smallest absolute Gasteiger partial charge is 0.268 e. The number of fused-ring (bicyclic) bond motifs is 3. The van der Waals surface area contributed by atoms with E-state index < -0.39 is 0 Å². The lowest BCUT2D eigenvalue weighted by Crippen LogP contribution is -2.19. The average molecular weight is 665 g/mol. The van der Waals surface area contributed by atoms with Crippen molar-refractivity contribution in [2.45, 2.75) is 26.2 Å². The Morgan fingerprint density at radius 1 is 0.913 bits per heavy atom. The number of hydrogen-bond acceptors (Lipinski definition) is 6. The topological polar surface area (TPSA) is 73.6 Å². The van der Waals surface area contributed by atoms with Gasteiger partial charge < -0.3 is 4.74 Å². The Morgan fingerprint density at radius 3 is 2.28 bits per heavy atom. The third kappa shape index (κ3) is 5.55. The Labute approximate surface area is 279 Å². The molecular formula is C37H27Cl2N3O3S. The third-order valence-electron chi connectivity index (χ3n) is 8.23. The molecule has 6 aromatic rings. The standard InChI is InChI=1S/C37H27Cl2N3O3S/c1-21-34(30(43)19-10-22-8-17-28(45-2)18-9-22)46-37-41-35-32(36(44)42(21)37)31(24-11-15-27(39)16-12-24)29-5-3-4-25(33(29)40-35)20-23-6-13-26(38)14-7-23/h6-20H,3-5H2,1-2H3/b19-10+,25-20-. The van der Waals surface area contributed by atoms with E-state index in [0.29, 0.717) is 36.6 Å². The Balaban J connectivity index is 1.42. The van der Waals surface area contributed by atoms with Crippen LogP contribution in [-0.4, -0.2) is 27.3 Å². The summed E-state index contributed by atoms with van der Waals surface area (Å²) in [5, 5.41) is 1.71.